The summed E-state index contributed by atoms with van der Waals surface area (Å²) in [6.45, 7) is 7.63. The highest BCUT2D eigenvalue weighted by atomic mass is 15.2. The lowest BCUT2D eigenvalue weighted by Crippen LogP contribution is -2.46. The van der Waals surface area contributed by atoms with E-state index >= 15 is 0 Å². The molecular formula is C19H25N5. The molecule has 0 spiro atoms. The minimum atomic E-state index is 0.0986. The van der Waals surface area contributed by atoms with Crippen molar-refractivity contribution in [2.24, 2.45) is 0 Å². The SMILES string of the molecule is CC1(C)CN(c2nc(-c3cccnc3)nc3c2CCC3)CCCN1. The van der Waals surface area contributed by atoms with Crippen LogP contribution in [-0.4, -0.2) is 40.1 Å². The van der Waals surface area contributed by atoms with E-state index < -0.39 is 0 Å². The number of hydrogen-bond donors (Lipinski definition) is 1. The monoisotopic (exact) mass is 323 g/mol. The molecule has 1 aliphatic heterocycles. The van der Waals surface area contributed by atoms with Crippen molar-refractivity contribution in [2.45, 2.75) is 45.1 Å². The van der Waals surface area contributed by atoms with Crippen LogP contribution in [0.1, 0.15) is 37.9 Å². The molecule has 4 rings (SSSR count). The molecule has 126 valence electrons. The molecule has 2 aromatic rings. The summed E-state index contributed by atoms with van der Waals surface area (Å²) in [5.41, 5.74) is 3.69. The second-order valence-electron chi connectivity index (χ2n) is 7.48. The summed E-state index contributed by atoms with van der Waals surface area (Å²) in [6.07, 6.45) is 8.14. The zero-order valence-corrected chi connectivity index (χ0v) is 14.5. The molecule has 1 saturated heterocycles. The molecule has 0 radical (unpaired) electrons. The topological polar surface area (TPSA) is 53.9 Å². The van der Waals surface area contributed by atoms with Gasteiger partial charge in [-0.3, -0.25) is 4.98 Å². The quantitative estimate of drug-likeness (QED) is 0.921. The summed E-state index contributed by atoms with van der Waals surface area (Å²) >= 11 is 0. The van der Waals surface area contributed by atoms with Gasteiger partial charge >= 0.3 is 0 Å². The van der Waals surface area contributed by atoms with Crippen LogP contribution in [0.2, 0.25) is 0 Å². The van der Waals surface area contributed by atoms with Crippen LogP contribution < -0.4 is 10.2 Å². The summed E-state index contributed by atoms with van der Waals surface area (Å²) in [4.78, 5) is 16.5. The minimum absolute atomic E-state index is 0.0986. The van der Waals surface area contributed by atoms with E-state index in [0.29, 0.717) is 0 Å². The van der Waals surface area contributed by atoms with Gasteiger partial charge in [0.05, 0.1) is 0 Å². The number of aryl methyl sites for hydroxylation is 1. The van der Waals surface area contributed by atoms with E-state index in [1.807, 2.05) is 18.3 Å². The van der Waals surface area contributed by atoms with Crippen LogP contribution in [0.25, 0.3) is 11.4 Å². The van der Waals surface area contributed by atoms with E-state index in [0.717, 1.165) is 56.1 Å². The van der Waals surface area contributed by atoms with Crippen LogP contribution in [-0.2, 0) is 12.8 Å². The Hall–Kier alpha value is -2.01. The molecule has 24 heavy (non-hydrogen) atoms. The first-order valence-electron chi connectivity index (χ1n) is 8.93. The summed E-state index contributed by atoms with van der Waals surface area (Å²) < 4.78 is 0. The molecule has 1 aliphatic carbocycles. The van der Waals surface area contributed by atoms with Gasteiger partial charge in [0.15, 0.2) is 5.82 Å². The highest BCUT2D eigenvalue weighted by Gasteiger charge is 2.29. The second-order valence-corrected chi connectivity index (χ2v) is 7.48. The lowest BCUT2D eigenvalue weighted by Gasteiger charge is -2.32. The van der Waals surface area contributed by atoms with Crippen molar-refractivity contribution in [3.05, 3.63) is 35.8 Å². The molecule has 5 nitrogen and oxygen atoms in total. The van der Waals surface area contributed by atoms with E-state index in [9.17, 15) is 0 Å². The van der Waals surface area contributed by atoms with Crippen molar-refractivity contribution < 1.29 is 0 Å². The van der Waals surface area contributed by atoms with Gasteiger partial charge < -0.3 is 10.2 Å². The standard InChI is InChI=1S/C19H25N5/c1-19(2)13-24(11-5-10-21-19)18-15-7-3-8-16(15)22-17(23-18)14-6-4-9-20-12-14/h4,6,9,12,21H,3,5,7-8,10-11,13H2,1-2H3. The molecule has 0 amide bonds. The number of nitrogens with one attached hydrogen (secondary N) is 1. The van der Waals surface area contributed by atoms with E-state index in [1.165, 1.54) is 17.7 Å². The number of pyridine rings is 1. The van der Waals surface area contributed by atoms with Gasteiger partial charge in [0.25, 0.3) is 0 Å². The Morgan fingerprint density at radius 2 is 2.08 bits per heavy atom. The number of fused-ring (bicyclic) bond motifs is 1. The lowest BCUT2D eigenvalue weighted by molar-refractivity contribution is 0.415. The average molecular weight is 323 g/mol. The first-order valence-corrected chi connectivity index (χ1v) is 8.93. The zero-order valence-electron chi connectivity index (χ0n) is 14.5. The van der Waals surface area contributed by atoms with E-state index in [2.05, 4.69) is 29.0 Å². The predicted molar refractivity (Wildman–Crippen MR) is 96.2 cm³/mol. The number of aromatic nitrogens is 3. The minimum Gasteiger partial charge on any atom is -0.354 e. The van der Waals surface area contributed by atoms with E-state index in [1.54, 1.807) is 6.20 Å². The van der Waals surface area contributed by atoms with Gasteiger partial charge in [-0.05, 0) is 58.2 Å². The third kappa shape index (κ3) is 3.00. The van der Waals surface area contributed by atoms with Crippen LogP contribution in [0.15, 0.2) is 24.5 Å². The fraction of sp³-hybridized carbons (Fsp3) is 0.526. The molecule has 5 heteroatoms. The maximum absolute atomic E-state index is 4.99. The molecule has 2 aliphatic rings. The van der Waals surface area contributed by atoms with Crippen molar-refractivity contribution in [3.8, 4) is 11.4 Å². The summed E-state index contributed by atoms with van der Waals surface area (Å²) in [5, 5.41) is 3.64. The van der Waals surface area contributed by atoms with Gasteiger partial charge in [-0.15, -0.1) is 0 Å². The zero-order chi connectivity index (χ0) is 16.6. The molecule has 1 fully saturated rings. The van der Waals surface area contributed by atoms with Crippen molar-refractivity contribution in [3.63, 3.8) is 0 Å². The molecule has 0 bridgehead atoms. The molecular weight excluding hydrogens is 298 g/mol. The van der Waals surface area contributed by atoms with E-state index in [-0.39, 0.29) is 5.54 Å². The molecule has 2 aromatic heterocycles. The third-order valence-electron chi connectivity index (χ3n) is 4.93. The van der Waals surface area contributed by atoms with Crippen LogP contribution in [0.5, 0.6) is 0 Å². The fourth-order valence-electron chi connectivity index (χ4n) is 3.79. The Balaban J connectivity index is 1.78. The average Bonchev–Trinajstić information content (AvgIpc) is 2.98. The molecule has 3 heterocycles. The van der Waals surface area contributed by atoms with Crippen LogP contribution in [0.4, 0.5) is 5.82 Å². The number of rotatable bonds is 2. The van der Waals surface area contributed by atoms with Gasteiger partial charge in [-0.2, -0.15) is 0 Å². The van der Waals surface area contributed by atoms with Crippen molar-refractivity contribution in [1.82, 2.24) is 20.3 Å². The van der Waals surface area contributed by atoms with Crippen molar-refractivity contribution in [2.75, 3.05) is 24.5 Å². The van der Waals surface area contributed by atoms with E-state index in [4.69, 9.17) is 9.97 Å². The Bertz CT molecular complexity index is 726. The molecule has 0 unspecified atom stereocenters. The number of anilines is 1. The van der Waals surface area contributed by atoms with Crippen molar-refractivity contribution >= 4 is 5.82 Å². The summed E-state index contributed by atoms with van der Waals surface area (Å²) in [6, 6.07) is 3.99. The summed E-state index contributed by atoms with van der Waals surface area (Å²) in [7, 11) is 0. The van der Waals surface area contributed by atoms with Crippen LogP contribution in [0.3, 0.4) is 0 Å². The Kier molecular flexibility index (Phi) is 3.96. The third-order valence-corrected chi connectivity index (χ3v) is 4.93. The second kappa shape index (κ2) is 6.13. The first kappa shape index (κ1) is 15.5. The van der Waals surface area contributed by atoms with Gasteiger partial charge in [0, 0.05) is 47.8 Å². The van der Waals surface area contributed by atoms with Crippen LogP contribution >= 0.6 is 0 Å². The fourth-order valence-corrected chi connectivity index (χ4v) is 3.79. The van der Waals surface area contributed by atoms with Gasteiger partial charge in [-0.25, -0.2) is 9.97 Å². The number of hydrogen-bond acceptors (Lipinski definition) is 5. The molecule has 0 saturated carbocycles. The van der Waals surface area contributed by atoms with Gasteiger partial charge in [0.1, 0.15) is 5.82 Å². The largest absolute Gasteiger partial charge is 0.354 e. The predicted octanol–water partition coefficient (Wildman–Crippen LogP) is 2.61. The molecule has 0 atom stereocenters. The highest BCUT2D eigenvalue weighted by Crippen LogP contribution is 2.32. The van der Waals surface area contributed by atoms with Crippen molar-refractivity contribution in [1.29, 1.82) is 0 Å². The maximum atomic E-state index is 4.99. The Labute approximate surface area is 143 Å². The summed E-state index contributed by atoms with van der Waals surface area (Å²) in [5.74, 6) is 1.96. The maximum Gasteiger partial charge on any atom is 0.163 e. The molecule has 1 N–H and O–H groups in total. The molecule has 0 aromatic carbocycles. The highest BCUT2D eigenvalue weighted by molar-refractivity contribution is 5.61. The van der Waals surface area contributed by atoms with Crippen LogP contribution in [0, 0.1) is 0 Å². The Morgan fingerprint density at radius 1 is 1.17 bits per heavy atom. The normalized spacial score (nSPS) is 19.8. The smallest absolute Gasteiger partial charge is 0.163 e. The Morgan fingerprint density at radius 3 is 2.92 bits per heavy atom. The first-order chi connectivity index (χ1) is 11.6. The lowest BCUT2D eigenvalue weighted by atomic mass is 10.1. The van der Waals surface area contributed by atoms with Gasteiger partial charge in [0.2, 0.25) is 0 Å². The van der Waals surface area contributed by atoms with Gasteiger partial charge in [-0.1, -0.05) is 0 Å². The number of nitrogens with zero attached hydrogens (tertiary/aromatic N) is 4.